The summed E-state index contributed by atoms with van der Waals surface area (Å²) in [6.07, 6.45) is 4.33. The van der Waals surface area contributed by atoms with E-state index in [1.54, 1.807) is 24.3 Å². The van der Waals surface area contributed by atoms with E-state index in [2.05, 4.69) is 5.32 Å². The van der Waals surface area contributed by atoms with E-state index in [9.17, 15) is 18.3 Å². The van der Waals surface area contributed by atoms with Crippen LogP contribution < -0.4 is 5.32 Å². The molecule has 6 nitrogen and oxygen atoms in total. The van der Waals surface area contributed by atoms with E-state index >= 15 is 0 Å². The van der Waals surface area contributed by atoms with Crippen LogP contribution in [-0.4, -0.2) is 42.4 Å². The molecule has 1 amide bonds. The zero-order valence-electron chi connectivity index (χ0n) is 14.5. The van der Waals surface area contributed by atoms with Crippen LogP contribution in [-0.2, 0) is 14.8 Å². The Morgan fingerprint density at radius 1 is 1.12 bits per heavy atom. The molecule has 1 aliphatic heterocycles. The highest BCUT2D eigenvalue weighted by atomic mass is 32.2. The summed E-state index contributed by atoms with van der Waals surface area (Å²) >= 11 is 0. The van der Waals surface area contributed by atoms with E-state index in [4.69, 9.17) is 0 Å². The predicted molar refractivity (Wildman–Crippen MR) is 95.8 cm³/mol. The van der Waals surface area contributed by atoms with Crippen LogP contribution in [0.25, 0.3) is 0 Å². The molecule has 4 fully saturated rings. The largest absolute Gasteiger partial charge is 0.391 e. The second-order valence-electron chi connectivity index (χ2n) is 8.35. The Labute approximate surface area is 153 Å². The van der Waals surface area contributed by atoms with E-state index < -0.39 is 16.1 Å². The smallest absolute Gasteiger partial charge is 0.243 e. The second-order valence-corrected chi connectivity index (χ2v) is 10.2. The molecule has 1 aromatic carbocycles. The van der Waals surface area contributed by atoms with Crippen molar-refractivity contribution in [2.24, 2.45) is 23.7 Å². The summed E-state index contributed by atoms with van der Waals surface area (Å²) in [6, 6.07) is 6.17. The lowest BCUT2D eigenvalue weighted by atomic mass is 9.85. The molecule has 0 unspecified atom stereocenters. The van der Waals surface area contributed by atoms with Gasteiger partial charge < -0.3 is 10.4 Å². The van der Waals surface area contributed by atoms with Crippen LogP contribution in [0.3, 0.4) is 0 Å². The molecule has 26 heavy (non-hydrogen) atoms. The van der Waals surface area contributed by atoms with Gasteiger partial charge in [0.1, 0.15) is 0 Å². The maximum atomic E-state index is 13.1. The van der Waals surface area contributed by atoms with Gasteiger partial charge in [-0.05, 0) is 67.7 Å². The molecule has 140 valence electrons. The fraction of sp³-hybridized carbons (Fsp3) is 0.632. The number of fused-ring (bicyclic) bond motifs is 1. The molecule has 2 bridgehead atoms. The van der Waals surface area contributed by atoms with Crippen LogP contribution in [0.4, 0.5) is 5.69 Å². The summed E-state index contributed by atoms with van der Waals surface area (Å²) < 4.78 is 27.8. The molecule has 0 spiro atoms. The molecule has 7 heteroatoms. The molecule has 1 aromatic rings. The third-order valence-electron chi connectivity index (χ3n) is 7.01. The first-order chi connectivity index (χ1) is 12.4. The lowest BCUT2D eigenvalue weighted by molar-refractivity contribution is -0.122. The van der Waals surface area contributed by atoms with E-state index in [0.717, 1.165) is 32.1 Å². The van der Waals surface area contributed by atoms with E-state index in [0.29, 0.717) is 24.1 Å². The Morgan fingerprint density at radius 3 is 2.46 bits per heavy atom. The number of aliphatic hydroxyl groups is 1. The first kappa shape index (κ1) is 16.7. The topological polar surface area (TPSA) is 86.7 Å². The Kier molecular flexibility index (Phi) is 3.71. The highest BCUT2D eigenvalue weighted by Gasteiger charge is 2.61. The summed E-state index contributed by atoms with van der Waals surface area (Å²) in [5.41, 5.74) is 0.628. The van der Waals surface area contributed by atoms with Gasteiger partial charge >= 0.3 is 0 Å². The minimum absolute atomic E-state index is 0.0168. The van der Waals surface area contributed by atoms with Crippen molar-refractivity contribution in [3.8, 4) is 0 Å². The fourth-order valence-electron chi connectivity index (χ4n) is 5.40. The third-order valence-corrected chi connectivity index (χ3v) is 8.89. The van der Waals surface area contributed by atoms with E-state index in [-0.39, 0.29) is 28.7 Å². The Balaban J connectivity index is 1.35. The van der Waals surface area contributed by atoms with Crippen LogP contribution in [0, 0.1) is 23.7 Å². The number of carbonyl (C=O) groups is 1. The van der Waals surface area contributed by atoms with Crippen molar-refractivity contribution in [1.82, 2.24) is 4.31 Å². The first-order valence-corrected chi connectivity index (χ1v) is 11.0. The summed E-state index contributed by atoms with van der Waals surface area (Å²) in [6.45, 7) is 0.519. The van der Waals surface area contributed by atoms with Gasteiger partial charge in [0.15, 0.2) is 0 Å². The summed E-state index contributed by atoms with van der Waals surface area (Å²) in [5.74, 6) is 1.08. The molecule has 1 saturated heterocycles. The molecular weight excluding hydrogens is 352 g/mol. The van der Waals surface area contributed by atoms with Crippen molar-refractivity contribution >= 4 is 21.6 Å². The highest BCUT2D eigenvalue weighted by molar-refractivity contribution is 7.89. The van der Waals surface area contributed by atoms with Gasteiger partial charge in [0.05, 0.1) is 17.0 Å². The van der Waals surface area contributed by atoms with Gasteiger partial charge in [0.25, 0.3) is 0 Å². The van der Waals surface area contributed by atoms with E-state index in [1.165, 1.54) is 4.31 Å². The van der Waals surface area contributed by atoms with Gasteiger partial charge in [-0.1, -0.05) is 6.42 Å². The quantitative estimate of drug-likeness (QED) is 0.839. The van der Waals surface area contributed by atoms with Crippen molar-refractivity contribution < 1.29 is 18.3 Å². The number of benzene rings is 1. The minimum Gasteiger partial charge on any atom is -0.391 e. The van der Waals surface area contributed by atoms with Crippen molar-refractivity contribution in [2.45, 2.75) is 49.1 Å². The number of aliphatic hydroxyl groups excluding tert-OH is 1. The molecule has 3 saturated carbocycles. The second kappa shape index (κ2) is 5.78. The number of rotatable bonds is 4. The number of sulfonamides is 1. The van der Waals surface area contributed by atoms with Crippen molar-refractivity contribution in [1.29, 1.82) is 0 Å². The number of nitrogens with zero attached hydrogens (tertiary/aromatic N) is 1. The molecule has 0 aromatic heterocycles. The molecule has 5 rings (SSSR count). The van der Waals surface area contributed by atoms with Gasteiger partial charge in [-0.15, -0.1) is 0 Å². The number of carbonyl (C=O) groups excluding carboxylic acids is 1. The number of hydrogen-bond donors (Lipinski definition) is 2. The molecule has 0 radical (unpaired) electrons. The van der Waals surface area contributed by atoms with Crippen molar-refractivity contribution in [2.75, 3.05) is 11.9 Å². The number of hydrogen-bond acceptors (Lipinski definition) is 4. The highest BCUT2D eigenvalue weighted by Crippen LogP contribution is 2.56. The van der Waals surface area contributed by atoms with Crippen molar-refractivity contribution in [3.63, 3.8) is 0 Å². The zero-order valence-corrected chi connectivity index (χ0v) is 15.4. The standard InChI is InChI=1S/C19H24N2O4S/c22-18-12-8-13-10-21(17(18)16(13)9-12)26(24,25)15-6-4-14(5-7-15)20-19(23)11-2-1-3-11/h4-7,11-13,16-18,22H,1-3,8-10H2,(H,20,23)/t12-,13-,16+,17+,18+/m0/s1. The maximum absolute atomic E-state index is 13.1. The first-order valence-electron chi connectivity index (χ1n) is 9.56. The molecule has 2 N–H and O–H groups in total. The van der Waals surface area contributed by atoms with Gasteiger partial charge in [-0.25, -0.2) is 8.42 Å². The van der Waals surface area contributed by atoms with E-state index in [1.807, 2.05) is 0 Å². The SMILES string of the molecule is O=C(Nc1ccc(S(=O)(=O)N2C[C@@H]3C[C@H]4C[C@H]3[C@@H]2[C@@H]4O)cc1)C1CCC1. The fourth-order valence-corrected chi connectivity index (χ4v) is 7.14. The van der Waals surface area contributed by atoms with Gasteiger partial charge in [0, 0.05) is 18.2 Å². The van der Waals surface area contributed by atoms with Gasteiger partial charge in [-0.3, -0.25) is 4.79 Å². The minimum atomic E-state index is -3.63. The Bertz CT molecular complexity index is 832. The van der Waals surface area contributed by atoms with Gasteiger partial charge in [-0.2, -0.15) is 4.31 Å². The molecule has 3 aliphatic carbocycles. The van der Waals surface area contributed by atoms with Gasteiger partial charge in [0.2, 0.25) is 15.9 Å². The summed E-state index contributed by atoms with van der Waals surface area (Å²) in [7, 11) is -3.63. The maximum Gasteiger partial charge on any atom is 0.243 e. The average molecular weight is 376 g/mol. The number of anilines is 1. The van der Waals surface area contributed by atoms with Crippen LogP contribution in [0.2, 0.25) is 0 Å². The Morgan fingerprint density at radius 2 is 1.85 bits per heavy atom. The predicted octanol–water partition coefficient (Wildman–Crippen LogP) is 1.81. The molecular formula is C19H24N2O4S. The lowest BCUT2D eigenvalue weighted by Gasteiger charge is -2.28. The van der Waals surface area contributed by atoms with Crippen LogP contribution in [0.15, 0.2) is 29.2 Å². The molecule has 4 aliphatic rings. The van der Waals surface area contributed by atoms with Crippen LogP contribution in [0.5, 0.6) is 0 Å². The number of nitrogens with one attached hydrogen (secondary N) is 1. The lowest BCUT2D eigenvalue weighted by Crippen LogP contribution is -2.43. The normalized spacial score (nSPS) is 36.3. The Hall–Kier alpha value is -1.44. The van der Waals surface area contributed by atoms with Crippen LogP contribution in [0.1, 0.15) is 32.1 Å². The monoisotopic (exact) mass is 376 g/mol. The average Bonchev–Trinajstić information content (AvgIpc) is 3.16. The van der Waals surface area contributed by atoms with Crippen molar-refractivity contribution in [3.05, 3.63) is 24.3 Å². The van der Waals surface area contributed by atoms with Crippen LogP contribution >= 0.6 is 0 Å². The third kappa shape index (κ3) is 2.37. The summed E-state index contributed by atoms with van der Waals surface area (Å²) in [4.78, 5) is 12.3. The molecule has 5 atom stereocenters. The summed E-state index contributed by atoms with van der Waals surface area (Å²) in [5, 5.41) is 13.3. The number of amides is 1. The zero-order chi connectivity index (χ0) is 18.1. The molecule has 1 heterocycles.